The molecule has 0 radical (unpaired) electrons. The average molecular weight is 383 g/mol. The molecular weight excluding hydrogens is 362 g/mol. The van der Waals surface area contributed by atoms with Crippen LogP contribution in [0.25, 0.3) is 33.6 Å². The fourth-order valence-corrected chi connectivity index (χ4v) is 3.27. The van der Waals surface area contributed by atoms with E-state index < -0.39 is 5.91 Å². The first-order valence-corrected chi connectivity index (χ1v) is 9.23. The van der Waals surface area contributed by atoms with E-state index in [1.165, 1.54) is 0 Å². The predicted molar refractivity (Wildman–Crippen MR) is 116 cm³/mol. The monoisotopic (exact) mass is 383 g/mol. The summed E-state index contributed by atoms with van der Waals surface area (Å²) in [4.78, 5) is 17.6. The molecule has 144 valence electrons. The Morgan fingerprint density at radius 3 is 2.10 bits per heavy atom. The van der Waals surface area contributed by atoms with Crippen LogP contribution in [0.1, 0.15) is 10.6 Å². The number of nitrogens with zero attached hydrogens (tertiary/aromatic N) is 3. The third kappa shape index (κ3) is 3.73. The van der Waals surface area contributed by atoms with Crippen molar-refractivity contribution in [1.29, 1.82) is 0 Å². The summed E-state index contributed by atoms with van der Waals surface area (Å²) in [5.41, 5.74) is 11.7. The molecule has 3 aromatic carbocycles. The van der Waals surface area contributed by atoms with Crippen LogP contribution in [0, 0.1) is 0 Å². The van der Waals surface area contributed by atoms with E-state index in [-0.39, 0.29) is 5.82 Å². The Morgan fingerprint density at radius 2 is 1.48 bits per heavy atom. The van der Waals surface area contributed by atoms with Gasteiger partial charge < -0.3 is 10.6 Å². The molecule has 1 heterocycles. The topological polar surface area (TPSA) is 87.9 Å². The maximum atomic E-state index is 11.3. The van der Waals surface area contributed by atoms with Gasteiger partial charge in [0.05, 0.1) is 0 Å². The molecule has 0 aliphatic rings. The Balaban J connectivity index is 1.78. The normalized spacial score (nSPS) is 10.7. The minimum atomic E-state index is -0.633. The van der Waals surface area contributed by atoms with E-state index in [0.717, 1.165) is 33.5 Å². The highest BCUT2D eigenvalue weighted by Gasteiger charge is 2.12. The molecule has 0 fully saturated rings. The number of aromatic amines is 1. The third-order valence-electron chi connectivity index (χ3n) is 4.75. The Morgan fingerprint density at radius 1 is 0.862 bits per heavy atom. The van der Waals surface area contributed by atoms with E-state index >= 15 is 0 Å². The molecule has 0 saturated carbocycles. The highest BCUT2D eigenvalue weighted by molar-refractivity contribution is 5.89. The lowest BCUT2D eigenvalue weighted by molar-refractivity contribution is 0.0991. The van der Waals surface area contributed by atoms with E-state index in [1.54, 1.807) is 0 Å². The molecular formula is C23H21N5O. The van der Waals surface area contributed by atoms with Gasteiger partial charge in [0.2, 0.25) is 5.82 Å². The summed E-state index contributed by atoms with van der Waals surface area (Å²) in [6.45, 7) is 0. The zero-order chi connectivity index (χ0) is 20.4. The Kier molecular flexibility index (Phi) is 4.83. The minimum absolute atomic E-state index is 0.0475. The Bertz CT molecular complexity index is 1180. The van der Waals surface area contributed by atoms with E-state index in [0.29, 0.717) is 5.82 Å². The molecule has 1 amide bonds. The first kappa shape index (κ1) is 18.4. The van der Waals surface area contributed by atoms with Gasteiger partial charge in [-0.1, -0.05) is 54.6 Å². The van der Waals surface area contributed by atoms with E-state index in [2.05, 4.69) is 62.5 Å². The van der Waals surface area contributed by atoms with Crippen molar-refractivity contribution in [1.82, 2.24) is 15.2 Å². The minimum Gasteiger partial charge on any atom is -0.378 e. The number of nitrogens with two attached hydrogens (primary N) is 1. The largest absolute Gasteiger partial charge is 0.378 e. The predicted octanol–water partition coefficient (Wildman–Crippen LogP) is 3.97. The van der Waals surface area contributed by atoms with Crippen molar-refractivity contribution >= 4 is 11.6 Å². The summed E-state index contributed by atoms with van der Waals surface area (Å²) in [7, 11) is 4.07. The van der Waals surface area contributed by atoms with Crippen molar-refractivity contribution in [3.8, 4) is 33.6 Å². The highest BCUT2D eigenvalue weighted by Crippen LogP contribution is 2.34. The van der Waals surface area contributed by atoms with Gasteiger partial charge in [0.15, 0.2) is 5.82 Å². The summed E-state index contributed by atoms with van der Waals surface area (Å²) < 4.78 is 0. The van der Waals surface area contributed by atoms with Gasteiger partial charge in [-0.25, -0.2) is 4.98 Å². The van der Waals surface area contributed by atoms with Crippen LogP contribution in [-0.2, 0) is 0 Å². The van der Waals surface area contributed by atoms with E-state index in [4.69, 9.17) is 5.73 Å². The second-order valence-corrected chi connectivity index (χ2v) is 6.94. The average Bonchev–Trinajstić information content (AvgIpc) is 3.25. The highest BCUT2D eigenvalue weighted by atomic mass is 16.1. The van der Waals surface area contributed by atoms with Crippen LogP contribution in [0.4, 0.5) is 5.69 Å². The third-order valence-corrected chi connectivity index (χ3v) is 4.75. The SMILES string of the molecule is CN(C)c1cccc(-c2ccccc2-c2cccc(-c3n[nH]c(C(N)=O)n3)c2)c1. The van der Waals surface area contributed by atoms with Crippen molar-refractivity contribution in [2.24, 2.45) is 5.73 Å². The molecule has 0 saturated heterocycles. The molecule has 0 aliphatic heterocycles. The fourth-order valence-electron chi connectivity index (χ4n) is 3.27. The second kappa shape index (κ2) is 7.59. The first-order valence-electron chi connectivity index (χ1n) is 9.23. The summed E-state index contributed by atoms with van der Waals surface area (Å²) in [5, 5.41) is 6.69. The number of rotatable bonds is 5. The maximum absolute atomic E-state index is 11.3. The number of nitrogens with one attached hydrogen (secondary N) is 1. The quantitative estimate of drug-likeness (QED) is 0.546. The van der Waals surface area contributed by atoms with Crippen molar-refractivity contribution in [2.75, 3.05) is 19.0 Å². The van der Waals surface area contributed by atoms with E-state index in [1.807, 2.05) is 44.4 Å². The van der Waals surface area contributed by atoms with Gasteiger partial charge >= 0.3 is 0 Å². The lowest BCUT2D eigenvalue weighted by Gasteiger charge is -2.15. The number of hydrogen-bond acceptors (Lipinski definition) is 4. The zero-order valence-electron chi connectivity index (χ0n) is 16.3. The molecule has 4 rings (SSSR count). The summed E-state index contributed by atoms with van der Waals surface area (Å²) in [6.07, 6.45) is 0. The fraction of sp³-hybridized carbons (Fsp3) is 0.0870. The van der Waals surface area contributed by atoms with Crippen LogP contribution in [0.15, 0.2) is 72.8 Å². The van der Waals surface area contributed by atoms with Crippen LogP contribution in [0.2, 0.25) is 0 Å². The van der Waals surface area contributed by atoms with Crippen molar-refractivity contribution < 1.29 is 4.79 Å². The molecule has 0 aliphatic carbocycles. The molecule has 0 atom stereocenters. The van der Waals surface area contributed by atoms with Gasteiger partial charge in [-0.15, -0.1) is 0 Å². The lowest BCUT2D eigenvalue weighted by atomic mass is 9.93. The van der Waals surface area contributed by atoms with Crippen molar-refractivity contribution in [3.05, 3.63) is 78.6 Å². The summed E-state index contributed by atoms with van der Waals surface area (Å²) >= 11 is 0. The molecule has 0 spiro atoms. The van der Waals surface area contributed by atoms with Crippen LogP contribution in [0.3, 0.4) is 0 Å². The van der Waals surface area contributed by atoms with Gasteiger partial charge in [0, 0.05) is 25.3 Å². The molecule has 1 aromatic heterocycles. The Hall–Kier alpha value is -3.93. The molecule has 6 heteroatoms. The van der Waals surface area contributed by atoms with Gasteiger partial charge in [-0.2, -0.15) is 5.10 Å². The van der Waals surface area contributed by atoms with Crippen LogP contribution in [0.5, 0.6) is 0 Å². The van der Waals surface area contributed by atoms with Crippen LogP contribution in [-0.4, -0.2) is 35.2 Å². The number of primary amides is 1. The van der Waals surface area contributed by atoms with E-state index in [9.17, 15) is 4.79 Å². The molecule has 3 N–H and O–H groups in total. The smallest absolute Gasteiger partial charge is 0.286 e. The molecule has 6 nitrogen and oxygen atoms in total. The van der Waals surface area contributed by atoms with Crippen molar-refractivity contribution in [3.63, 3.8) is 0 Å². The summed E-state index contributed by atoms with van der Waals surface area (Å²) in [5.74, 6) is -0.148. The standard InChI is InChI=1S/C23H21N5O/c1-28(2)18-10-6-8-16(14-18)20-12-4-3-11-19(20)15-7-5-9-17(13-15)22-25-23(21(24)29)27-26-22/h3-14H,1-2H3,(H2,24,29)(H,25,26,27). The molecule has 29 heavy (non-hydrogen) atoms. The van der Waals surface area contributed by atoms with Crippen LogP contribution < -0.4 is 10.6 Å². The zero-order valence-corrected chi connectivity index (χ0v) is 16.3. The molecule has 0 bridgehead atoms. The number of anilines is 1. The van der Waals surface area contributed by atoms with Gasteiger partial charge in [-0.05, 0) is 40.5 Å². The molecule has 0 unspecified atom stereocenters. The number of hydrogen-bond donors (Lipinski definition) is 2. The first-order chi connectivity index (χ1) is 14.0. The number of carbonyl (C=O) groups excluding carboxylic acids is 1. The van der Waals surface area contributed by atoms with Gasteiger partial charge in [-0.3, -0.25) is 9.89 Å². The van der Waals surface area contributed by atoms with Gasteiger partial charge in [0.25, 0.3) is 5.91 Å². The van der Waals surface area contributed by atoms with Crippen LogP contribution >= 0.6 is 0 Å². The second-order valence-electron chi connectivity index (χ2n) is 6.94. The summed E-state index contributed by atoms with van der Waals surface area (Å²) in [6, 6.07) is 24.7. The number of carbonyl (C=O) groups is 1. The number of H-pyrrole nitrogens is 1. The lowest BCUT2D eigenvalue weighted by Crippen LogP contribution is -2.12. The Labute approximate surface area is 169 Å². The maximum Gasteiger partial charge on any atom is 0.286 e. The number of benzene rings is 3. The molecule has 4 aromatic rings. The van der Waals surface area contributed by atoms with Gasteiger partial charge in [0.1, 0.15) is 0 Å². The number of aromatic nitrogens is 3. The van der Waals surface area contributed by atoms with Crippen molar-refractivity contribution in [2.45, 2.75) is 0 Å². The number of amides is 1.